The van der Waals surface area contributed by atoms with Crippen molar-refractivity contribution in [1.82, 2.24) is 15.5 Å². The van der Waals surface area contributed by atoms with Gasteiger partial charge in [0.25, 0.3) is 0 Å². The van der Waals surface area contributed by atoms with Gasteiger partial charge >= 0.3 is 0 Å². The number of nitrogens with zero attached hydrogens (tertiary/aromatic N) is 2. The monoisotopic (exact) mass is 506 g/mol. The van der Waals surface area contributed by atoms with Crippen LogP contribution in [0.15, 0.2) is 23.2 Å². The molecule has 0 bridgehead atoms. The van der Waals surface area contributed by atoms with Gasteiger partial charge in [0.1, 0.15) is 11.5 Å². The van der Waals surface area contributed by atoms with Crippen LogP contribution in [0.5, 0.6) is 11.5 Å². The van der Waals surface area contributed by atoms with E-state index in [1.165, 1.54) is 0 Å². The molecule has 0 spiro atoms. The van der Waals surface area contributed by atoms with E-state index in [1.807, 2.05) is 18.2 Å². The molecule has 0 atom stereocenters. The average Bonchev–Trinajstić information content (AvgIpc) is 2.70. The predicted molar refractivity (Wildman–Crippen MR) is 124 cm³/mol. The van der Waals surface area contributed by atoms with E-state index in [4.69, 9.17) is 19.2 Å². The molecule has 1 aromatic carbocycles. The highest BCUT2D eigenvalue weighted by molar-refractivity contribution is 14.0. The summed E-state index contributed by atoms with van der Waals surface area (Å²) in [7, 11) is 7.59. The van der Waals surface area contributed by atoms with Crippen LogP contribution in [-0.2, 0) is 11.3 Å². The van der Waals surface area contributed by atoms with Crippen molar-refractivity contribution >= 4 is 29.9 Å². The van der Waals surface area contributed by atoms with E-state index in [1.54, 1.807) is 14.2 Å². The molecule has 1 aliphatic heterocycles. The van der Waals surface area contributed by atoms with Gasteiger partial charge in [-0.05, 0) is 46.0 Å². The molecule has 1 aromatic rings. The molecule has 0 radical (unpaired) electrons. The van der Waals surface area contributed by atoms with E-state index < -0.39 is 0 Å². The molecule has 28 heavy (non-hydrogen) atoms. The van der Waals surface area contributed by atoms with Crippen LogP contribution in [-0.4, -0.2) is 71.0 Å². The topological polar surface area (TPSA) is 67.4 Å². The molecule has 1 heterocycles. The van der Waals surface area contributed by atoms with Gasteiger partial charge in [-0.3, -0.25) is 0 Å². The molecule has 1 aliphatic rings. The summed E-state index contributed by atoms with van der Waals surface area (Å²) in [4.78, 5) is 7.05. The van der Waals surface area contributed by atoms with Gasteiger partial charge in [0.2, 0.25) is 0 Å². The number of ether oxygens (including phenoxy) is 3. The minimum Gasteiger partial charge on any atom is -0.497 e. The minimum absolute atomic E-state index is 0. The highest BCUT2D eigenvalue weighted by Crippen LogP contribution is 2.26. The largest absolute Gasteiger partial charge is 0.497 e. The van der Waals surface area contributed by atoms with Gasteiger partial charge in [-0.1, -0.05) is 0 Å². The summed E-state index contributed by atoms with van der Waals surface area (Å²) >= 11 is 0. The van der Waals surface area contributed by atoms with Crippen molar-refractivity contribution in [3.8, 4) is 11.5 Å². The van der Waals surface area contributed by atoms with Crippen molar-refractivity contribution in [2.24, 2.45) is 4.99 Å². The van der Waals surface area contributed by atoms with Crippen LogP contribution in [0.3, 0.4) is 0 Å². The molecular weight excluding hydrogens is 471 g/mol. The first kappa shape index (κ1) is 24.8. The molecule has 0 unspecified atom stereocenters. The van der Waals surface area contributed by atoms with Crippen molar-refractivity contribution < 1.29 is 14.2 Å². The standard InChI is InChI=1S/C20H34N4O3.HI/c1-6-21-19(23-15-20(24(2)3)9-11-27-12-10-20)22-14-16-7-8-17(25-4)13-18(16)26-5;/h7-8,13H,6,9-12,14-15H2,1-5H3,(H2,21,22,23);1H. The lowest BCUT2D eigenvalue weighted by atomic mass is 9.88. The Labute approximate surface area is 186 Å². The number of hydrogen-bond acceptors (Lipinski definition) is 5. The third kappa shape index (κ3) is 6.66. The molecule has 8 heteroatoms. The fraction of sp³-hybridized carbons (Fsp3) is 0.650. The summed E-state index contributed by atoms with van der Waals surface area (Å²) in [5, 5.41) is 6.85. The molecule has 7 nitrogen and oxygen atoms in total. The molecule has 2 N–H and O–H groups in total. The van der Waals surface area contributed by atoms with Gasteiger partial charge in [-0.2, -0.15) is 0 Å². The van der Waals surface area contributed by atoms with E-state index in [2.05, 4.69) is 36.6 Å². The Bertz CT molecular complexity index is 619. The maximum Gasteiger partial charge on any atom is 0.191 e. The molecule has 160 valence electrons. The Morgan fingerprint density at radius 2 is 1.89 bits per heavy atom. The van der Waals surface area contributed by atoms with Crippen molar-refractivity contribution in [2.45, 2.75) is 31.8 Å². The summed E-state index contributed by atoms with van der Waals surface area (Å²) in [6.07, 6.45) is 2.03. The molecule has 1 saturated heterocycles. The molecule has 2 rings (SSSR count). The van der Waals surface area contributed by atoms with Gasteiger partial charge in [0.15, 0.2) is 5.96 Å². The van der Waals surface area contributed by atoms with Crippen molar-refractivity contribution in [3.05, 3.63) is 23.8 Å². The molecule has 0 amide bonds. The molecule has 0 aromatic heterocycles. The van der Waals surface area contributed by atoms with E-state index >= 15 is 0 Å². The van der Waals surface area contributed by atoms with Crippen LogP contribution in [0.4, 0.5) is 0 Å². The summed E-state index contributed by atoms with van der Waals surface area (Å²) in [5.74, 6) is 2.36. The van der Waals surface area contributed by atoms with E-state index in [-0.39, 0.29) is 29.5 Å². The van der Waals surface area contributed by atoms with Gasteiger partial charge < -0.3 is 29.7 Å². The average molecular weight is 506 g/mol. The second-order valence-electron chi connectivity index (χ2n) is 6.96. The van der Waals surface area contributed by atoms with Gasteiger partial charge in [0.05, 0.1) is 20.8 Å². The minimum atomic E-state index is 0. The van der Waals surface area contributed by atoms with Gasteiger partial charge in [-0.15, -0.1) is 24.0 Å². The van der Waals surface area contributed by atoms with Crippen LogP contribution < -0.4 is 20.1 Å². The lowest BCUT2D eigenvalue weighted by Crippen LogP contribution is -2.57. The first-order valence-electron chi connectivity index (χ1n) is 9.53. The molecular formula is C20H35IN4O3. The number of likely N-dealkylation sites (N-methyl/N-ethyl adjacent to an activating group) is 1. The summed E-state index contributed by atoms with van der Waals surface area (Å²) in [6.45, 7) is 5.84. The van der Waals surface area contributed by atoms with Crippen LogP contribution in [0, 0.1) is 0 Å². The Morgan fingerprint density at radius 1 is 1.18 bits per heavy atom. The number of halogens is 1. The van der Waals surface area contributed by atoms with Crippen molar-refractivity contribution in [3.63, 3.8) is 0 Å². The second-order valence-corrected chi connectivity index (χ2v) is 6.96. The Hall–Kier alpha value is -1.26. The number of hydrogen-bond donors (Lipinski definition) is 2. The summed E-state index contributed by atoms with van der Waals surface area (Å²) in [5.41, 5.74) is 1.11. The van der Waals surface area contributed by atoms with E-state index in [0.717, 1.165) is 62.2 Å². The summed E-state index contributed by atoms with van der Waals surface area (Å²) < 4.78 is 16.3. The Balaban J connectivity index is 0.00000392. The van der Waals surface area contributed by atoms with E-state index in [9.17, 15) is 0 Å². The van der Waals surface area contributed by atoms with Gasteiger partial charge in [-0.25, -0.2) is 4.99 Å². The first-order valence-corrected chi connectivity index (χ1v) is 9.53. The van der Waals surface area contributed by atoms with Crippen LogP contribution in [0.25, 0.3) is 0 Å². The van der Waals surface area contributed by atoms with Gasteiger partial charge in [0, 0.05) is 43.5 Å². The van der Waals surface area contributed by atoms with Crippen LogP contribution in [0.1, 0.15) is 25.3 Å². The fourth-order valence-electron chi connectivity index (χ4n) is 3.27. The zero-order valence-corrected chi connectivity index (χ0v) is 20.0. The quantitative estimate of drug-likeness (QED) is 0.321. The van der Waals surface area contributed by atoms with Crippen LogP contribution in [0.2, 0.25) is 0 Å². The predicted octanol–water partition coefficient (Wildman–Crippen LogP) is 2.49. The lowest BCUT2D eigenvalue weighted by Gasteiger charge is -2.43. The zero-order chi connectivity index (χ0) is 19.7. The molecule has 0 aliphatic carbocycles. The highest BCUT2D eigenvalue weighted by Gasteiger charge is 2.34. The Morgan fingerprint density at radius 3 is 2.46 bits per heavy atom. The SMILES string of the molecule is CCNC(=NCc1ccc(OC)cc1OC)NCC1(N(C)C)CCOCC1.I. The maximum absolute atomic E-state index is 5.55. The zero-order valence-electron chi connectivity index (χ0n) is 17.7. The Kier molecular flexibility index (Phi) is 10.9. The number of benzene rings is 1. The first-order chi connectivity index (χ1) is 13.0. The highest BCUT2D eigenvalue weighted by atomic mass is 127. The number of nitrogens with one attached hydrogen (secondary N) is 2. The number of guanidine groups is 1. The second kappa shape index (κ2) is 12.3. The fourth-order valence-corrected chi connectivity index (χ4v) is 3.27. The van der Waals surface area contributed by atoms with E-state index in [0.29, 0.717) is 6.54 Å². The van der Waals surface area contributed by atoms with Crippen molar-refractivity contribution in [2.75, 3.05) is 54.6 Å². The third-order valence-corrected chi connectivity index (χ3v) is 5.20. The number of methoxy groups -OCH3 is 2. The van der Waals surface area contributed by atoms with Crippen LogP contribution >= 0.6 is 24.0 Å². The molecule has 1 fully saturated rings. The lowest BCUT2D eigenvalue weighted by molar-refractivity contribution is -0.00501. The normalized spacial score (nSPS) is 16.3. The molecule has 0 saturated carbocycles. The van der Waals surface area contributed by atoms with Crippen molar-refractivity contribution in [1.29, 1.82) is 0 Å². The third-order valence-electron chi connectivity index (χ3n) is 5.20. The number of aliphatic imine (C=N–C) groups is 1. The summed E-state index contributed by atoms with van der Waals surface area (Å²) in [6, 6.07) is 5.80. The maximum atomic E-state index is 5.55. The number of rotatable bonds is 8. The smallest absolute Gasteiger partial charge is 0.191 e.